The fraction of sp³-hybridized carbons (Fsp3) is 0.429. The molecule has 0 spiro atoms. The molecule has 1 saturated heterocycles. The molecule has 108 valence electrons. The zero-order valence-electron chi connectivity index (χ0n) is 11.3. The molecule has 1 fully saturated rings. The van der Waals surface area contributed by atoms with Crippen LogP contribution in [0.3, 0.4) is 0 Å². The Hall–Kier alpha value is -2.08. The van der Waals surface area contributed by atoms with Gasteiger partial charge < -0.3 is 20.5 Å². The Labute approximate surface area is 117 Å². The molecule has 0 radical (unpaired) electrons. The second kappa shape index (κ2) is 6.38. The maximum atomic E-state index is 12.1. The fourth-order valence-electron chi connectivity index (χ4n) is 2.18. The summed E-state index contributed by atoms with van der Waals surface area (Å²) in [5.74, 6) is -0.251. The van der Waals surface area contributed by atoms with Gasteiger partial charge in [0.1, 0.15) is 5.75 Å². The molecule has 2 atom stereocenters. The summed E-state index contributed by atoms with van der Waals surface area (Å²) >= 11 is 0. The maximum absolute atomic E-state index is 12.1. The molecular formula is C14H18N2O4. The summed E-state index contributed by atoms with van der Waals surface area (Å²) in [5, 5.41) is 14.6. The Kier molecular flexibility index (Phi) is 4.57. The highest BCUT2D eigenvalue weighted by molar-refractivity contribution is 5.93. The van der Waals surface area contributed by atoms with Gasteiger partial charge in [-0.15, -0.1) is 0 Å². The van der Waals surface area contributed by atoms with Gasteiger partial charge in [-0.05, 0) is 36.7 Å². The molecule has 0 aromatic heterocycles. The Morgan fingerprint density at radius 2 is 2.05 bits per heavy atom. The molecule has 0 unspecified atom stereocenters. The van der Waals surface area contributed by atoms with Gasteiger partial charge in [-0.25, -0.2) is 4.79 Å². The lowest BCUT2D eigenvalue weighted by Gasteiger charge is -2.14. The van der Waals surface area contributed by atoms with E-state index in [-0.39, 0.29) is 18.4 Å². The number of ether oxygens (including phenoxy) is 1. The number of aliphatic carboxylic acids is 1. The standard InChI is InChI=1S/C14H18N2O4/c1-9-6-15-7-12(9)14(19)16-10-2-4-11(5-3-10)20-8-13(17)18/h2-5,9,12,15H,6-8H2,1H3,(H,16,19)(H,17,18)/t9-,12-/m1/s1. The van der Waals surface area contributed by atoms with Crippen molar-refractivity contribution in [3.8, 4) is 5.75 Å². The molecule has 6 nitrogen and oxygen atoms in total. The molecule has 1 aliphatic heterocycles. The van der Waals surface area contributed by atoms with Crippen LogP contribution in [0.2, 0.25) is 0 Å². The highest BCUT2D eigenvalue weighted by Gasteiger charge is 2.29. The van der Waals surface area contributed by atoms with Crippen LogP contribution in [0.4, 0.5) is 5.69 Å². The number of carboxylic acid groups (broad SMARTS) is 1. The first kappa shape index (κ1) is 14.3. The van der Waals surface area contributed by atoms with Crippen LogP contribution in [-0.2, 0) is 9.59 Å². The number of anilines is 1. The third-order valence-corrected chi connectivity index (χ3v) is 3.34. The van der Waals surface area contributed by atoms with Crippen LogP contribution in [0.5, 0.6) is 5.75 Å². The molecule has 2 rings (SSSR count). The number of hydrogen-bond donors (Lipinski definition) is 3. The van der Waals surface area contributed by atoms with E-state index in [0.717, 1.165) is 6.54 Å². The lowest BCUT2D eigenvalue weighted by atomic mass is 9.97. The van der Waals surface area contributed by atoms with Gasteiger partial charge in [0.25, 0.3) is 0 Å². The number of carbonyl (C=O) groups excluding carboxylic acids is 1. The highest BCUT2D eigenvalue weighted by atomic mass is 16.5. The van der Waals surface area contributed by atoms with E-state index in [4.69, 9.17) is 9.84 Å². The smallest absolute Gasteiger partial charge is 0.341 e. The van der Waals surface area contributed by atoms with Crippen molar-refractivity contribution in [2.24, 2.45) is 11.8 Å². The van der Waals surface area contributed by atoms with Gasteiger partial charge in [0.15, 0.2) is 6.61 Å². The van der Waals surface area contributed by atoms with E-state index < -0.39 is 5.97 Å². The Balaban J connectivity index is 1.90. The number of benzene rings is 1. The molecule has 3 N–H and O–H groups in total. The quantitative estimate of drug-likeness (QED) is 0.746. The third-order valence-electron chi connectivity index (χ3n) is 3.34. The zero-order valence-corrected chi connectivity index (χ0v) is 11.3. The number of hydrogen-bond acceptors (Lipinski definition) is 4. The first-order valence-corrected chi connectivity index (χ1v) is 6.52. The van der Waals surface area contributed by atoms with Crippen molar-refractivity contribution < 1.29 is 19.4 Å². The minimum Gasteiger partial charge on any atom is -0.482 e. The number of rotatable bonds is 5. The van der Waals surface area contributed by atoms with E-state index in [1.807, 2.05) is 6.92 Å². The topological polar surface area (TPSA) is 87.7 Å². The minimum atomic E-state index is -1.02. The number of carboxylic acids is 1. The first-order valence-electron chi connectivity index (χ1n) is 6.52. The van der Waals surface area contributed by atoms with Gasteiger partial charge in [0.2, 0.25) is 5.91 Å². The molecule has 6 heteroatoms. The van der Waals surface area contributed by atoms with Crippen LogP contribution >= 0.6 is 0 Å². The van der Waals surface area contributed by atoms with Gasteiger partial charge in [0.05, 0.1) is 5.92 Å². The van der Waals surface area contributed by atoms with Crippen molar-refractivity contribution in [2.75, 3.05) is 25.0 Å². The predicted octanol–water partition coefficient (Wildman–Crippen LogP) is 0.944. The number of amides is 1. The molecule has 1 aliphatic rings. The van der Waals surface area contributed by atoms with E-state index in [9.17, 15) is 9.59 Å². The summed E-state index contributed by atoms with van der Waals surface area (Å²) in [5.41, 5.74) is 0.678. The van der Waals surface area contributed by atoms with Crippen molar-refractivity contribution in [3.05, 3.63) is 24.3 Å². The van der Waals surface area contributed by atoms with Gasteiger partial charge >= 0.3 is 5.97 Å². The summed E-state index contributed by atoms with van der Waals surface area (Å²) in [6.45, 7) is 3.23. The summed E-state index contributed by atoms with van der Waals surface area (Å²) in [7, 11) is 0. The average molecular weight is 278 g/mol. The van der Waals surface area contributed by atoms with Crippen molar-refractivity contribution in [2.45, 2.75) is 6.92 Å². The van der Waals surface area contributed by atoms with E-state index in [1.54, 1.807) is 24.3 Å². The van der Waals surface area contributed by atoms with E-state index in [2.05, 4.69) is 10.6 Å². The lowest BCUT2D eigenvalue weighted by molar-refractivity contribution is -0.139. The van der Waals surface area contributed by atoms with Gasteiger partial charge in [-0.1, -0.05) is 6.92 Å². The molecule has 0 aliphatic carbocycles. The molecule has 0 saturated carbocycles. The second-order valence-corrected chi connectivity index (χ2v) is 4.94. The van der Waals surface area contributed by atoms with Crippen LogP contribution in [-0.4, -0.2) is 36.7 Å². The molecule has 0 bridgehead atoms. The summed E-state index contributed by atoms with van der Waals surface area (Å²) in [6.07, 6.45) is 0. The summed E-state index contributed by atoms with van der Waals surface area (Å²) in [6, 6.07) is 6.66. The Bertz CT molecular complexity index is 486. The van der Waals surface area contributed by atoms with Crippen molar-refractivity contribution in [3.63, 3.8) is 0 Å². The summed E-state index contributed by atoms with van der Waals surface area (Å²) in [4.78, 5) is 22.4. The Morgan fingerprint density at radius 1 is 1.35 bits per heavy atom. The van der Waals surface area contributed by atoms with Crippen LogP contribution < -0.4 is 15.4 Å². The fourth-order valence-corrected chi connectivity index (χ4v) is 2.18. The molecule has 1 amide bonds. The van der Waals surface area contributed by atoms with Crippen LogP contribution in [0, 0.1) is 11.8 Å². The normalized spacial score (nSPS) is 21.4. The number of nitrogens with one attached hydrogen (secondary N) is 2. The Morgan fingerprint density at radius 3 is 2.60 bits per heavy atom. The minimum absolute atomic E-state index is 0.00158. The van der Waals surface area contributed by atoms with Crippen molar-refractivity contribution in [1.29, 1.82) is 0 Å². The second-order valence-electron chi connectivity index (χ2n) is 4.94. The van der Waals surface area contributed by atoms with Crippen molar-refractivity contribution >= 4 is 17.6 Å². The van der Waals surface area contributed by atoms with E-state index >= 15 is 0 Å². The third kappa shape index (κ3) is 3.71. The molecule has 1 aromatic carbocycles. The average Bonchev–Trinajstić information content (AvgIpc) is 2.84. The van der Waals surface area contributed by atoms with Crippen LogP contribution in [0.15, 0.2) is 24.3 Å². The molecular weight excluding hydrogens is 260 g/mol. The van der Waals surface area contributed by atoms with Crippen LogP contribution in [0.1, 0.15) is 6.92 Å². The highest BCUT2D eigenvalue weighted by Crippen LogP contribution is 2.20. The largest absolute Gasteiger partial charge is 0.482 e. The summed E-state index contributed by atoms with van der Waals surface area (Å²) < 4.78 is 5.02. The van der Waals surface area contributed by atoms with E-state index in [1.165, 1.54) is 0 Å². The molecule has 20 heavy (non-hydrogen) atoms. The molecule has 1 aromatic rings. The SMILES string of the molecule is C[C@@H]1CNC[C@H]1C(=O)Nc1ccc(OCC(=O)O)cc1. The maximum Gasteiger partial charge on any atom is 0.341 e. The predicted molar refractivity (Wildman–Crippen MR) is 73.7 cm³/mol. The number of carbonyl (C=O) groups is 2. The first-order chi connectivity index (χ1) is 9.56. The zero-order chi connectivity index (χ0) is 14.5. The van der Waals surface area contributed by atoms with Crippen molar-refractivity contribution in [1.82, 2.24) is 5.32 Å². The van der Waals surface area contributed by atoms with Gasteiger partial charge in [-0.3, -0.25) is 4.79 Å². The monoisotopic (exact) mass is 278 g/mol. The van der Waals surface area contributed by atoms with E-state index in [0.29, 0.717) is 23.9 Å². The van der Waals surface area contributed by atoms with Crippen LogP contribution in [0.25, 0.3) is 0 Å². The van der Waals surface area contributed by atoms with Gasteiger partial charge in [0, 0.05) is 12.2 Å². The van der Waals surface area contributed by atoms with Gasteiger partial charge in [-0.2, -0.15) is 0 Å². The lowest BCUT2D eigenvalue weighted by Crippen LogP contribution is -2.27. The molecule has 1 heterocycles.